The fourth-order valence-electron chi connectivity index (χ4n) is 1.55. The maximum atomic E-state index is 13.1. The van der Waals surface area contributed by atoms with Crippen molar-refractivity contribution in [3.05, 3.63) is 64.2 Å². The number of hydrogen-bond acceptors (Lipinski definition) is 2. The molecule has 0 aliphatic carbocycles. The first-order valence-electron chi connectivity index (χ1n) is 4.78. The first-order valence-corrected chi connectivity index (χ1v) is 4.78. The maximum Gasteiger partial charge on any atom is 0.277 e. The molecule has 0 bridgehead atoms. The van der Waals surface area contributed by atoms with Gasteiger partial charge in [0.2, 0.25) is 0 Å². The lowest BCUT2D eigenvalue weighted by Crippen LogP contribution is -1.93. The Morgan fingerprint density at radius 1 is 1.00 bits per heavy atom. The Morgan fingerprint density at radius 2 is 1.71 bits per heavy atom. The Labute approximate surface area is 95.5 Å². The highest BCUT2D eigenvalue weighted by Gasteiger charge is 2.16. The molecular weight excluding hydrogens is 228 g/mol. The first kappa shape index (κ1) is 11.2. The average Bonchev–Trinajstić information content (AvgIpc) is 2.28. The van der Waals surface area contributed by atoms with Crippen molar-refractivity contribution in [2.45, 2.75) is 0 Å². The molecule has 0 aliphatic heterocycles. The molecule has 3 nitrogen and oxygen atoms in total. The molecule has 0 fully saturated rings. The minimum atomic E-state index is -0.625. The third-order valence-corrected chi connectivity index (χ3v) is 2.29. The lowest BCUT2D eigenvalue weighted by atomic mass is 10.0. The van der Waals surface area contributed by atoms with E-state index in [1.54, 1.807) is 0 Å². The maximum absolute atomic E-state index is 13.1. The molecule has 0 radical (unpaired) electrons. The van der Waals surface area contributed by atoms with Gasteiger partial charge >= 0.3 is 0 Å². The predicted octanol–water partition coefficient (Wildman–Crippen LogP) is 3.54. The van der Waals surface area contributed by atoms with E-state index >= 15 is 0 Å². The summed E-state index contributed by atoms with van der Waals surface area (Å²) in [4.78, 5) is 10.2. The van der Waals surface area contributed by atoms with E-state index in [4.69, 9.17) is 0 Å². The summed E-state index contributed by atoms with van der Waals surface area (Å²) in [5.41, 5.74) is 0.0858. The van der Waals surface area contributed by atoms with Crippen LogP contribution in [0, 0.1) is 21.7 Å². The fourth-order valence-corrected chi connectivity index (χ4v) is 1.55. The Balaban J connectivity index is 2.65. The molecule has 2 rings (SSSR count). The SMILES string of the molecule is O=[N+]([O-])c1ccc(F)cc1-c1cccc(F)c1. The summed E-state index contributed by atoms with van der Waals surface area (Å²) >= 11 is 0. The highest BCUT2D eigenvalue weighted by molar-refractivity contribution is 5.73. The van der Waals surface area contributed by atoms with E-state index in [-0.39, 0.29) is 16.8 Å². The van der Waals surface area contributed by atoms with Gasteiger partial charge in [0.25, 0.3) is 5.69 Å². The molecule has 2 aromatic rings. The van der Waals surface area contributed by atoms with Crippen molar-refractivity contribution in [2.24, 2.45) is 0 Å². The molecule has 0 spiro atoms. The molecule has 0 N–H and O–H groups in total. The second-order valence-corrected chi connectivity index (χ2v) is 3.43. The molecule has 17 heavy (non-hydrogen) atoms. The number of nitro groups is 1. The molecule has 0 aliphatic rings. The summed E-state index contributed by atoms with van der Waals surface area (Å²) < 4.78 is 26.1. The van der Waals surface area contributed by atoms with Crippen LogP contribution in [0.1, 0.15) is 0 Å². The number of rotatable bonds is 2. The molecule has 0 saturated carbocycles. The third-order valence-electron chi connectivity index (χ3n) is 2.29. The second kappa shape index (κ2) is 4.29. The molecular formula is C12H7F2NO2. The van der Waals surface area contributed by atoms with Gasteiger partial charge < -0.3 is 0 Å². The molecule has 0 atom stereocenters. The topological polar surface area (TPSA) is 43.1 Å². The van der Waals surface area contributed by atoms with Gasteiger partial charge in [0, 0.05) is 6.07 Å². The lowest BCUT2D eigenvalue weighted by molar-refractivity contribution is -0.384. The van der Waals surface area contributed by atoms with Crippen molar-refractivity contribution in [1.29, 1.82) is 0 Å². The van der Waals surface area contributed by atoms with Crippen LogP contribution in [-0.2, 0) is 0 Å². The standard InChI is InChI=1S/C12H7F2NO2/c13-9-3-1-2-8(6-9)11-7-10(14)4-5-12(11)15(16)17/h1-7H. The van der Waals surface area contributed by atoms with Gasteiger partial charge in [-0.3, -0.25) is 10.1 Å². The minimum absolute atomic E-state index is 0.0644. The van der Waals surface area contributed by atoms with Crippen LogP contribution in [0.3, 0.4) is 0 Å². The zero-order chi connectivity index (χ0) is 12.4. The van der Waals surface area contributed by atoms with Crippen LogP contribution in [0.25, 0.3) is 11.1 Å². The molecule has 5 heteroatoms. The van der Waals surface area contributed by atoms with Crippen LogP contribution >= 0.6 is 0 Å². The molecule has 0 amide bonds. The number of benzene rings is 2. The van der Waals surface area contributed by atoms with E-state index in [9.17, 15) is 18.9 Å². The Kier molecular flexibility index (Phi) is 2.82. The summed E-state index contributed by atoms with van der Waals surface area (Å²) in [6.45, 7) is 0. The molecule has 0 heterocycles. The average molecular weight is 235 g/mol. The van der Waals surface area contributed by atoms with Gasteiger partial charge in [-0.25, -0.2) is 8.78 Å². The number of hydrogen-bond donors (Lipinski definition) is 0. The molecule has 0 saturated heterocycles. The van der Waals surface area contributed by atoms with Crippen molar-refractivity contribution in [2.75, 3.05) is 0 Å². The Hall–Kier alpha value is -2.30. The van der Waals surface area contributed by atoms with Crippen molar-refractivity contribution in [3.8, 4) is 11.1 Å². The Bertz CT molecular complexity index is 584. The van der Waals surface area contributed by atoms with Crippen molar-refractivity contribution >= 4 is 5.69 Å². The quantitative estimate of drug-likeness (QED) is 0.590. The summed E-state index contributed by atoms with van der Waals surface area (Å²) in [6.07, 6.45) is 0. The number of halogens is 2. The van der Waals surface area contributed by atoms with Gasteiger partial charge in [0.05, 0.1) is 10.5 Å². The third kappa shape index (κ3) is 2.28. The Morgan fingerprint density at radius 3 is 2.35 bits per heavy atom. The summed E-state index contributed by atoms with van der Waals surface area (Å²) in [5.74, 6) is -1.13. The van der Waals surface area contributed by atoms with Crippen LogP contribution in [0.2, 0.25) is 0 Å². The monoisotopic (exact) mass is 235 g/mol. The summed E-state index contributed by atoms with van der Waals surface area (Å²) in [6, 6.07) is 8.34. The van der Waals surface area contributed by atoms with E-state index < -0.39 is 16.6 Å². The fraction of sp³-hybridized carbons (Fsp3) is 0. The lowest BCUT2D eigenvalue weighted by Gasteiger charge is -2.03. The molecule has 0 unspecified atom stereocenters. The largest absolute Gasteiger partial charge is 0.277 e. The smallest absolute Gasteiger partial charge is 0.258 e. The predicted molar refractivity (Wildman–Crippen MR) is 58.4 cm³/mol. The molecule has 86 valence electrons. The van der Waals surface area contributed by atoms with Crippen LogP contribution in [0.5, 0.6) is 0 Å². The minimum Gasteiger partial charge on any atom is -0.258 e. The number of nitrogens with zero attached hydrogens (tertiary/aromatic N) is 1. The molecule has 2 aromatic carbocycles. The van der Waals surface area contributed by atoms with Gasteiger partial charge in [0.1, 0.15) is 11.6 Å². The van der Waals surface area contributed by atoms with Crippen molar-refractivity contribution in [1.82, 2.24) is 0 Å². The summed E-state index contributed by atoms with van der Waals surface area (Å²) in [5, 5.41) is 10.8. The van der Waals surface area contributed by atoms with Gasteiger partial charge in [-0.1, -0.05) is 12.1 Å². The van der Waals surface area contributed by atoms with Crippen molar-refractivity contribution < 1.29 is 13.7 Å². The first-order chi connectivity index (χ1) is 8.08. The van der Waals surface area contributed by atoms with Crippen LogP contribution in [0.4, 0.5) is 14.5 Å². The summed E-state index contributed by atoms with van der Waals surface area (Å²) in [7, 11) is 0. The highest BCUT2D eigenvalue weighted by Crippen LogP contribution is 2.30. The van der Waals surface area contributed by atoms with E-state index in [2.05, 4.69) is 0 Å². The van der Waals surface area contributed by atoms with Crippen LogP contribution in [0.15, 0.2) is 42.5 Å². The zero-order valence-corrected chi connectivity index (χ0v) is 8.56. The molecule has 0 aromatic heterocycles. The van der Waals surface area contributed by atoms with E-state index in [0.29, 0.717) is 0 Å². The van der Waals surface area contributed by atoms with E-state index in [1.165, 1.54) is 18.2 Å². The van der Waals surface area contributed by atoms with Gasteiger partial charge in [-0.15, -0.1) is 0 Å². The van der Waals surface area contributed by atoms with E-state index in [1.807, 2.05) is 0 Å². The highest BCUT2D eigenvalue weighted by atomic mass is 19.1. The van der Waals surface area contributed by atoms with Crippen LogP contribution < -0.4 is 0 Å². The van der Waals surface area contributed by atoms with Crippen LogP contribution in [-0.4, -0.2) is 4.92 Å². The van der Waals surface area contributed by atoms with Gasteiger partial charge in [-0.05, 0) is 29.8 Å². The van der Waals surface area contributed by atoms with Crippen molar-refractivity contribution in [3.63, 3.8) is 0 Å². The van der Waals surface area contributed by atoms with Gasteiger partial charge in [0.15, 0.2) is 0 Å². The normalized spacial score (nSPS) is 10.2. The zero-order valence-electron chi connectivity index (χ0n) is 8.56. The van der Waals surface area contributed by atoms with Gasteiger partial charge in [-0.2, -0.15) is 0 Å². The second-order valence-electron chi connectivity index (χ2n) is 3.43. The number of nitro benzene ring substituents is 1. The van der Waals surface area contributed by atoms with E-state index in [0.717, 1.165) is 24.3 Å².